The maximum atomic E-state index is 12.0. The topological polar surface area (TPSA) is 67.4 Å². The van der Waals surface area contributed by atoms with Crippen molar-refractivity contribution in [3.8, 4) is 0 Å². The second-order valence-corrected chi connectivity index (χ2v) is 4.37. The number of rotatable bonds is 2. The first-order valence-electron chi connectivity index (χ1n) is 5.82. The maximum Gasteiger partial charge on any atom is 0.249 e. The number of amides is 2. The summed E-state index contributed by atoms with van der Waals surface area (Å²) in [4.78, 5) is 23.1. The van der Waals surface area contributed by atoms with Gasteiger partial charge in [-0.1, -0.05) is 12.1 Å². The maximum absolute atomic E-state index is 12.0. The second-order valence-electron chi connectivity index (χ2n) is 4.37. The lowest BCUT2D eigenvalue weighted by atomic mass is 10.1. The molecule has 1 heterocycles. The van der Waals surface area contributed by atoms with Gasteiger partial charge < -0.3 is 15.4 Å². The number of nitrogens with one attached hydrogen (secondary N) is 2. The lowest BCUT2D eigenvalue weighted by Crippen LogP contribution is -2.52. The average molecular weight is 248 g/mol. The first-order valence-corrected chi connectivity index (χ1v) is 5.82. The molecule has 0 aromatic heterocycles. The van der Waals surface area contributed by atoms with E-state index in [1.807, 2.05) is 32.0 Å². The van der Waals surface area contributed by atoms with Gasteiger partial charge in [-0.05, 0) is 31.0 Å². The second kappa shape index (κ2) is 5.18. The summed E-state index contributed by atoms with van der Waals surface area (Å²) in [5.74, 6) is -0.515. The summed E-state index contributed by atoms with van der Waals surface area (Å²) < 4.78 is 5.03. The molecule has 1 aromatic rings. The first-order chi connectivity index (χ1) is 8.58. The molecule has 1 fully saturated rings. The third-order valence-electron chi connectivity index (χ3n) is 3.03. The standard InChI is InChI=1S/C13H16N2O3/c1-8-4-3-5-10(9(8)2)15-13(17)11-6-18-7-12(16)14-11/h3-5,11H,6-7H2,1-2H3,(H,14,16)(H,15,17). The molecule has 1 aliphatic rings. The molecule has 1 aliphatic heterocycles. The van der Waals surface area contributed by atoms with Gasteiger partial charge in [0, 0.05) is 5.69 Å². The summed E-state index contributed by atoms with van der Waals surface area (Å²) in [6.45, 7) is 4.16. The van der Waals surface area contributed by atoms with Gasteiger partial charge >= 0.3 is 0 Å². The fourth-order valence-corrected chi connectivity index (χ4v) is 1.79. The van der Waals surface area contributed by atoms with E-state index >= 15 is 0 Å². The van der Waals surface area contributed by atoms with Crippen molar-refractivity contribution in [2.24, 2.45) is 0 Å². The van der Waals surface area contributed by atoms with Crippen molar-refractivity contribution in [3.63, 3.8) is 0 Å². The van der Waals surface area contributed by atoms with Crippen LogP contribution in [0.1, 0.15) is 11.1 Å². The van der Waals surface area contributed by atoms with E-state index in [1.165, 1.54) is 0 Å². The number of hydrogen-bond donors (Lipinski definition) is 2. The zero-order valence-electron chi connectivity index (χ0n) is 10.4. The first kappa shape index (κ1) is 12.6. The molecule has 96 valence electrons. The molecule has 2 rings (SSSR count). The van der Waals surface area contributed by atoms with Crippen molar-refractivity contribution < 1.29 is 14.3 Å². The van der Waals surface area contributed by atoms with Crippen molar-refractivity contribution in [3.05, 3.63) is 29.3 Å². The van der Waals surface area contributed by atoms with E-state index < -0.39 is 6.04 Å². The molecular weight excluding hydrogens is 232 g/mol. The van der Waals surface area contributed by atoms with Crippen LogP contribution in [0.4, 0.5) is 5.69 Å². The molecule has 0 aliphatic carbocycles. The highest BCUT2D eigenvalue weighted by molar-refractivity contribution is 5.98. The van der Waals surface area contributed by atoms with Crippen molar-refractivity contribution in [1.29, 1.82) is 0 Å². The Hall–Kier alpha value is -1.88. The number of morpholine rings is 1. The van der Waals surface area contributed by atoms with Crippen LogP contribution in [0.5, 0.6) is 0 Å². The molecule has 0 saturated carbocycles. The largest absolute Gasteiger partial charge is 0.369 e. The zero-order chi connectivity index (χ0) is 13.1. The van der Waals surface area contributed by atoms with Crippen LogP contribution in [-0.2, 0) is 14.3 Å². The number of hydrogen-bond acceptors (Lipinski definition) is 3. The minimum Gasteiger partial charge on any atom is -0.369 e. The third-order valence-corrected chi connectivity index (χ3v) is 3.03. The van der Waals surface area contributed by atoms with E-state index in [1.54, 1.807) is 0 Å². The van der Waals surface area contributed by atoms with Crippen LogP contribution in [0.25, 0.3) is 0 Å². The van der Waals surface area contributed by atoms with E-state index in [0.29, 0.717) is 0 Å². The highest BCUT2D eigenvalue weighted by Gasteiger charge is 2.25. The lowest BCUT2D eigenvalue weighted by Gasteiger charge is -2.23. The van der Waals surface area contributed by atoms with Gasteiger partial charge in [0.1, 0.15) is 12.6 Å². The van der Waals surface area contributed by atoms with Crippen molar-refractivity contribution in [2.75, 3.05) is 18.5 Å². The molecule has 2 N–H and O–H groups in total. The predicted molar refractivity (Wildman–Crippen MR) is 67.3 cm³/mol. The summed E-state index contributed by atoms with van der Waals surface area (Å²) in [6, 6.07) is 5.09. The summed E-state index contributed by atoms with van der Waals surface area (Å²) in [5, 5.41) is 5.40. The molecule has 0 radical (unpaired) electrons. The molecule has 1 atom stereocenters. The molecule has 18 heavy (non-hydrogen) atoms. The summed E-state index contributed by atoms with van der Waals surface area (Å²) >= 11 is 0. The molecule has 1 aromatic carbocycles. The number of carbonyl (C=O) groups is 2. The van der Waals surface area contributed by atoms with Crippen LogP contribution in [-0.4, -0.2) is 31.1 Å². The van der Waals surface area contributed by atoms with E-state index in [9.17, 15) is 9.59 Å². The normalized spacial score (nSPS) is 19.2. The monoisotopic (exact) mass is 248 g/mol. The Morgan fingerprint density at radius 3 is 2.94 bits per heavy atom. The Bertz CT molecular complexity index is 485. The number of benzene rings is 1. The summed E-state index contributed by atoms with van der Waals surface area (Å²) in [6.07, 6.45) is 0. The van der Waals surface area contributed by atoms with E-state index in [0.717, 1.165) is 16.8 Å². The third kappa shape index (κ3) is 2.68. The molecule has 1 saturated heterocycles. The van der Waals surface area contributed by atoms with Gasteiger partial charge in [-0.15, -0.1) is 0 Å². The van der Waals surface area contributed by atoms with Gasteiger partial charge in [0.25, 0.3) is 0 Å². The Kier molecular flexibility index (Phi) is 3.62. The minimum absolute atomic E-state index is 0.0211. The number of ether oxygens (including phenoxy) is 1. The highest BCUT2D eigenvalue weighted by Crippen LogP contribution is 2.18. The van der Waals surface area contributed by atoms with Gasteiger partial charge in [-0.25, -0.2) is 0 Å². The zero-order valence-corrected chi connectivity index (χ0v) is 10.4. The predicted octanol–water partition coefficient (Wildman–Crippen LogP) is 0.757. The van der Waals surface area contributed by atoms with Crippen LogP contribution >= 0.6 is 0 Å². The number of carbonyl (C=O) groups excluding carboxylic acids is 2. The Balaban J connectivity index is 2.07. The van der Waals surface area contributed by atoms with Gasteiger partial charge in [-0.2, -0.15) is 0 Å². The highest BCUT2D eigenvalue weighted by atomic mass is 16.5. The SMILES string of the molecule is Cc1cccc(NC(=O)C2COCC(=O)N2)c1C. The van der Waals surface area contributed by atoms with Crippen LogP contribution in [0.2, 0.25) is 0 Å². The van der Waals surface area contributed by atoms with Crippen LogP contribution < -0.4 is 10.6 Å². The van der Waals surface area contributed by atoms with Gasteiger partial charge in [-0.3, -0.25) is 9.59 Å². The van der Waals surface area contributed by atoms with E-state index in [-0.39, 0.29) is 25.0 Å². The van der Waals surface area contributed by atoms with Crippen molar-refractivity contribution >= 4 is 17.5 Å². The van der Waals surface area contributed by atoms with Gasteiger partial charge in [0.05, 0.1) is 6.61 Å². The summed E-state index contributed by atoms with van der Waals surface area (Å²) in [5.41, 5.74) is 2.89. The quantitative estimate of drug-likeness (QED) is 0.812. The Morgan fingerprint density at radius 1 is 1.44 bits per heavy atom. The van der Waals surface area contributed by atoms with Gasteiger partial charge in [0.15, 0.2) is 0 Å². The lowest BCUT2D eigenvalue weighted by molar-refractivity contribution is -0.136. The average Bonchev–Trinajstić information content (AvgIpc) is 2.35. The van der Waals surface area contributed by atoms with Crippen LogP contribution in [0, 0.1) is 13.8 Å². The molecule has 5 nitrogen and oxygen atoms in total. The molecule has 1 unspecified atom stereocenters. The van der Waals surface area contributed by atoms with Crippen LogP contribution in [0.3, 0.4) is 0 Å². The molecule has 5 heteroatoms. The number of anilines is 1. The molecule has 0 spiro atoms. The molecular formula is C13H16N2O3. The van der Waals surface area contributed by atoms with E-state index in [4.69, 9.17) is 4.74 Å². The van der Waals surface area contributed by atoms with Crippen molar-refractivity contribution in [2.45, 2.75) is 19.9 Å². The fourth-order valence-electron chi connectivity index (χ4n) is 1.79. The van der Waals surface area contributed by atoms with E-state index in [2.05, 4.69) is 10.6 Å². The molecule has 2 amide bonds. The Labute approximate surface area is 106 Å². The molecule has 0 bridgehead atoms. The van der Waals surface area contributed by atoms with Crippen LogP contribution in [0.15, 0.2) is 18.2 Å². The fraction of sp³-hybridized carbons (Fsp3) is 0.385. The summed E-state index contributed by atoms with van der Waals surface area (Å²) in [7, 11) is 0. The minimum atomic E-state index is -0.619. The Morgan fingerprint density at radius 2 is 2.22 bits per heavy atom. The smallest absolute Gasteiger partial charge is 0.249 e. The van der Waals surface area contributed by atoms with Gasteiger partial charge in [0.2, 0.25) is 11.8 Å². The van der Waals surface area contributed by atoms with Crippen molar-refractivity contribution in [1.82, 2.24) is 5.32 Å². The number of aryl methyl sites for hydroxylation is 1.